The summed E-state index contributed by atoms with van der Waals surface area (Å²) in [6, 6.07) is 16.3. The molecule has 0 spiro atoms. The highest BCUT2D eigenvalue weighted by molar-refractivity contribution is 5.83. The van der Waals surface area contributed by atoms with Gasteiger partial charge in [0.25, 0.3) is 0 Å². The number of hydrogen-bond donors (Lipinski definition) is 2. The molecule has 4 rings (SSSR count). The SMILES string of the molecule is O=C(CC1(c2ccc(F)cc2)CNC1)NCc1cccc2ncccc12. The van der Waals surface area contributed by atoms with E-state index in [9.17, 15) is 9.18 Å². The third-order valence-electron chi connectivity index (χ3n) is 5.09. The second-order valence-electron chi connectivity index (χ2n) is 6.83. The van der Waals surface area contributed by atoms with E-state index < -0.39 is 0 Å². The quantitative estimate of drug-likeness (QED) is 0.745. The average Bonchev–Trinajstić information content (AvgIpc) is 2.64. The van der Waals surface area contributed by atoms with Crippen LogP contribution in [0.4, 0.5) is 4.39 Å². The number of nitrogens with zero attached hydrogens (tertiary/aromatic N) is 1. The standard InChI is InChI=1S/C21H20FN3O/c22-17-8-6-16(7-9-17)21(13-23-14-21)11-20(26)25-12-15-3-1-5-19-18(15)4-2-10-24-19/h1-10,23H,11-14H2,(H,25,26). The van der Waals surface area contributed by atoms with Crippen LogP contribution in [0.2, 0.25) is 0 Å². The molecule has 1 amide bonds. The van der Waals surface area contributed by atoms with Crippen LogP contribution in [0.3, 0.4) is 0 Å². The molecule has 5 heteroatoms. The molecule has 0 atom stereocenters. The number of fused-ring (bicyclic) bond motifs is 1. The molecule has 0 saturated carbocycles. The van der Waals surface area contributed by atoms with Crippen LogP contribution >= 0.6 is 0 Å². The monoisotopic (exact) mass is 349 g/mol. The molecule has 132 valence electrons. The van der Waals surface area contributed by atoms with Crippen molar-refractivity contribution in [2.45, 2.75) is 18.4 Å². The van der Waals surface area contributed by atoms with Gasteiger partial charge in [0.1, 0.15) is 5.82 Å². The molecule has 4 nitrogen and oxygen atoms in total. The van der Waals surface area contributed by atoms with E-state index in [0.29, 0.717) is 13.0 Å². The molecule has 2 heterocycles. The second-order valence-corrected chi connectivity index (χ2v) is 6.83. The number of hydrogen-bond acceptors (Lipinski definition) is 3. The normalized spacial score (nSPS) is 15.4. The highest BCUT2D eigenvalue weighted by atomic mass is 19.1. The maximum Gasteiger partial charge on any atom is 0.221 e. The number of nitrogens with one attached hydrogen (secondary N) is 2. The van der Waals surface area contributed by atoms with Gasteiger partial charge in [0.05, 0.1) is 5.52 Å². The predicted molar refractivity (Wildman–Crippen MR) is 99.2 cm³/mol. The predicted octanol–water partition coefficient (Wildman–Crippen LogP) is 2.92. The molecule has 1 fully saturated rings. The number of benzene rings is 2. The first kappa shape index (κ1) is 16.7. The third-order valence-corrected chi connectivity index (χ3v) is 5.09. The summed E-state index contributed by atoms with van der Waals surface area (Å²) in [4.78, 5) is 16.9. The Morgan fingerprint density at radius 1 is 1.12 bits per heavy atom. The molecular formula is C21H20FN3O. The fraction of sp³-hybridized carbons (Fsp3) is 0.238. The number of carbonyl (C=O) groups excluding carboxylic acids is 1. The summed E-state index contributed by atoms with van der Waals surface area (Å²) in [5, 5.41) is 7.31. The van der Waals surface area contributed by atoms with Gasteiger partial charge in [-0.1, -0.05) is 30.3 Å². The Hall–Kier alpha value is -2.79. The third kappa shape index (κ3) is 3.18. The van der Waals surface area contributed by atoms with Gasteiger partial charge < -0.3 is 10.6 Å². The number of aromatic nitrogens is 1. The zero-order valence-electron chi connectivity index (χ0n) is 14.3. The van der Waals surface area contributed by atoms with Gasteiger partial charge >= 0.3 is 0 Å². The van der Waals surface area contributed by atoms with Crippen LogP contribution in [0.5, 0.6) is 0 Å². The van der Waals surface area contributed by atoms with Crippen molar-refractivity contribution < 1.29 is 9.18 Å². The summed E-state index contributed by atoms with van der Waals surface area (Å²) >= 11 is 0. The van der Waals surface area contributed by atoms with Gasteiger partial charge in [0, 0.05) is 43.1 Å². The van der Waals surface area contributed by atoms with Gasteiger partial charge in [0.2, 0.25) is 5.91 Å². The van der Waals surface area contributed by atoms with E-state index in [1.807, 2.05) is 30.3 Å². The highest BCUT2D eigenvalue weighted by Gasteiger charge is 2.40. The van der Waals surface area contributed by atoms with Crippen molar-refractivity contribution in [2.24, 2.45) is 0 Å². The number of amides is 1. The summed E-state index contributed by atoms with van der Waals surface area (Å²) < 4.78 is 13.2. The Morgan fingerprint density at radius 3 is 2.65 bits per heavy atom. The van der Waals surface area contributed by atoms with E-state index in [4.69, 9.17) is 0 Å². The van der Waals surface area contributed by atoms with Gasteiger partial charge in [-0.3, -0.25) is 9.78 Å². The number of halogens is 1. The molecule has 2 N–H and O–H groups in total. The first-order valence-electron chi connectivity index (χ1n) is 8.72. The molecule has 0 bridgehead atoms. The van der Waals surface area contributed by atoms with Crippen LogP contribution in [0.25, 0.3) is 10.9 Å². The van der Waals surface area contributed by atoms with E-state index in [-0.39, 0.29) is 17.1 Å². The maximum atomic E-state index is 13.2. The Balaban J connectivity index is 1.45. The maximum absolute atomic E-state index is 13.2. The van der Waals surface area contributed by atoms with E-state index in [2.05, 4.69) is 15.6 Å². The lowest BCUT2D eigenvalue weighted by atomic mass is 9.72. The molecule has 3 aromatic rings. The van der Waals surface area contributed by atoms with E-state index in [1.54, 1.807) is 18.3 Å². The van der Waals surface area contributed by atoms with Gasteiger partial charge in [-0.25, -0.2) is 4.39 Å². The fourth-order valence-corrected chi connectivity index (χ4v) is 3.55. The lowest BCUT2D eigenvalue weighted by Gasteiger charge is -2.42. The molecule has 1 aromatic heterocycles. The van der Waals surface area contributed by atoms with Crippen molar-refractivity contribution in [1.29, 1.82) is 0 Å². The van der Waals surface area contributed by atoms with Crippen LogP contribution in [0.1, 0.15) is 17.5 Å². The first-order chi connectivity index (χ1) is 12.7. The van der Waals surface area contributed by atoms with E-state index >= 15 is 0 Å². The van der Waals surface area contributed by atoms with Gasteiger partial charge in [-0.05, 0) is 35.4 Å². The Bertz CT molecular complexity index is 930. The lowest BCUT2D eigenvalue weighted by Crippen LogP contribution is -2.58. The Labute approximate surface area is 151 Å². The van der Waals surface area contributed by atoms with Crippen LogP contribution in [0, 0.1) is 5.82 Å². The summed E-state index contributed by atoms with van der Waals surface area (Å²) in [6.07, 6.45) is 2.15. The summed E-state index contributed by atoms with van der Waals surface area (Å²) in [7, 11) is 0. The van der Waals surface area contributed by atoms with Gasteiger partial charge in [-0.2, -0.15) is 0 Å². The molecular weight excluding hydrogens is 329 g/mol. The topological polar surface area (TPSA) is 54.0 Å². The lowest BCUT2D eigenvalue weighted by molar-refractivity contribution is -0.123. The second kappa shape index (κ2) is 6.84. The average molecular weight is 349 g/mol. The van der Waals surface area contributed by atoms with E-state index in [1.165, 1.54) is 12.1 Å². The molecule has 0 radical (unpaired) electrons. The number of carbonyl (C=O) groups is 1. The zero-order chi connectivity index (χ0) is 18.0. The molecule has 1 aliphatic rings. The minimum atomic E-state index is -0.259. The van der Waals surface area contributed by atoms with Crippen molar-refractivity contribution in [3.05, 3.63) is 77.7 Å². The fourth-order valence-electron chi connectivity index (χ4n) is 3.55. The molecule has 26 heavy (non-hydrogen) atoms. The Morgan fingerprint density at radius 2 is 1.92 bits per heavy atom. The minimum absolute atomic E-state index is 0.00304. The van der Waals surface area contributed by atoms with Gasteiger partial charge in [0.15, 0.2) is 0 Å². The Kier molecular flexibility index (Phi) is 4.39. The summed E-state index contributed by atoms with van der Waals surface area (Å²) in [5.74, 6) is -0.262. The van der Waals surface area contributed by atoms with Crippen LogP contribution < -0.4 is 10.6 Å². The molecule has 1 aliphatic heterocycles. The summed E-state index contributed by atoms with van der Waals surface area (Å²) in [5.41, 5.74) is 2.72. The minimum Gasteiger partial charge on any atom is -0.352 e. The van der Waals surface area contributed by atoms with Crippen molar-refractivity contribution >= 4 is 16.8 Å². The largest absolute Gasteiger partial charge is 0.352 e. The highest BCUT2D eigenvalue weighted by Crippen LogP contribution is 2.32. The molecule has 2 aromatic carbocycles. The summed E-state index contributed by atoms with van der Waals surface area (Å²) in [6.45, 7) is 1.92. The van der Waals surface area contributed by atoms with Crippen molar-refractivity contribution in [3.63, 3.8) is 0 Å². The van der Waals surface area contributed by atoms with Crippen molar-refractivity contribution in [3.8, 4) is 0 Å². The molecule has 0 aliphatic carbocycles. The number of rotatable bonds is 5. The molecule has 1 saturated heterocycles. The zero-order valence-corrected chi connectivity index (χ0v) is 14.3. The van der Waals surface area contributed by atoms with Crippen LogP contribution in [0.15, 0.2) is 60.8 Å². The van der Waals surface area contributed by atoms with Crippen molar-refractivity contribution in [2.75, 3.05) is 13.1 Å². The first-order valence-corrected chi connectivity index (χ1v) is 8.72. The van der Waals surface area contributed by atoms with Crippen LogP contribution in [-0.2, 0) is 16.8 Å². The van der Waals surface area contributed by atoms with E-state index in [0.717, 1.165) is 35.1 Å². The smallest absolute Gasteiger partial charge is 0.221 e. The van der Waals surface area contributed by atoms with Crippen LogP contribution in [-0.4, -0.2) is 24.0 Å². The molecule has 0 unspecified atom stereocenters. The number of pyridine rings is 1. The van der Waals surface area contributed by atoms with Gasteiger partial charge in [-0.15, -0.1) is 0 Å². The van der Waals surface area contributed by atoms with Crippen molar-refractivity contribution in [1.82, 2.24) is 15.6 Å².